The lowest BCUT2D eigenvalue weighted by molar-refractivity contribution is 0.197. The van der Waals surface area contributed by atoms with E-state index in [2.05, 4.69) is 20.8 Å². The zero-order chi connectivity index (χ0) is 27.8. The molecule has 0 spiro atoms. The van der Waals surface area contributed by atoms with E-state index in [1.807, 2.05) is 0 Å². The Bertz CT molecular complexity index is 460. The molecule has 0 heterocycles. The molecule has 0 saturated heterocycles. The van der Waals surface area contributed by atoms with Crippen molar-refractivity contribution in [3.05, 3.63) is 0 Å². The van der Waals surface area contributed by atoms with Gasteiger partial charge in [-0.3, -0.25) is 4.57 Å². The van der Waals surface area contributed by atoms with E-state index >= 15 is 0 Å². The van der Waals surface area contributed by atoms with Crippen LogP contribution in [0.25, 0.3) is 0 Å². The van der Waals surface area contributed by atoms with Gasteiger partial charge in [0, 0.05) is 0 Å². The first-order valence-electron chi connectivity index (χ1n) is 17.6. The van der Waals surface area contributed by atoms with Crippen LogP contribution in [0.1, 0.15) is 201 Å². The number of unbranched alkanes of at least 4 members (excludes halogenated alkanes) is 25. The fraction of sp³-hybridized carbons (Fsp3) is 1.00. The first-order valence-corrected chi connectivity index (χ1v) is 19.3. The summed E-state index contributed by atoms with van der Waals surface area (Å²) in [6, 6.07) is 0. The van der Waals surface area contributed by atoms with Gasteiger partial charge < -0.3 is 9.05 Å². The van der Waals surface area contributed by atoms with Crippen LogP contribution in [0.15, 0.2) is 0 Å². The molecular formula is C34H71O3P. The average molecular weight is 559 g/mol. The van der Waals surface area contributed by atoms with Gasteiger partial charge in [0.05, 0.1) is 19.4 Å². The standard InChI is InChI=1S/C34H71O3P/c1-4-7-10-13-16-17-18-19-20-21-22-23-24-25-28-31-34-38(35,36-32-29-26-14-11-8-5-2)37-33-30-27-15-12-9-6-3/h4-34H2,1-3H3. The minimum atomic E-state index is -2.93. The molecule has 4 heteroatoms. The van der Waals surface area contributed by atoms with Gasteiger partial charge in [-0.15, -0.1) is 0 Å². The smallest absolute Gasteiger partial charge is 0.309 e. The zero-order valence-corrected chi connectivity index (χ0v) is 27.5. The minimum absolute atomic E-state index is 0.596. The second-order valence-electron chi connectivity index (χ2n) is 11.8. The van der Waals surface area contributed by atoms with E-state index in [1.165, 1.54) is 154 Å². The summed E-state index contributed by atoms with van der Waals surface area (Å²) in [6.45, 7) is 7.98. The van der Waals surface area contributed by atoms with Crippen LogP contribution >= 0.6 is 7.60 Å². The lowest BCUT2D eigenvalue weighted by atomic mass is 10.0. The number of hydrogen-bond donors (Lipinski definition) is 0. The Morgan fingerprint density at radius 1 is 0.342 bits per heavy atom. The van der Waals surface area contributed by atoms with Crippen LogP contribution in [0, 0.1) is 0 Å². The fourth-order valence-corrected chi connectivity index (χ4v) is 6.95. The summed E-state index contributed by atoms with van der Waals surface area (Å²) in [7, 11) is -2.93. The molecule has 0 aliphatic rings. The van der Waals surface area contributed by atoms with Gasteiger partial charge in [-0.1, -0.05) is 181 Å². The highest BCUT2D eigenvalue weighted by Crippen LogP contribution is 2.49. The summed E-state index contributed by atoms with van der Waals surface area (Å²) in [5.41, 5.74) is 0. The molecule has 0 unspecified atom stereocenters. The maximum absolute atomic E-state index is 13.4. The van der Waals surface area contributed by atoms with Crippen molar-refractivity contribution in [2.75, 3.05) is 19.4 Å². The molecule has 0 aliphatic carbocycles. The first-order chi connectivity index (χ1) is 18.7. The summed E-state index contributed by atoms with van der Waals surface area (Å²) >= 11 is 0. The number of rotatable bonds is 33. The molecule has 0 saturated carbocycles. The minimum Gasteiger partial charge on any atom is -0.309 e. The molecular weight excluding hydrogens is 487 g/mol. The normalized spacial score (nSPS) is 12.0. The zero-order valence-electron chi connectivity index (χ0n) is 26.6. The molecule has 0 amide bonds. The van der Waals surface area contributed by atoms with Gasteiger partial charge in [-0.05, 0) is 19.3 Å². The number of hydrogen-bond acceptors (Lipinski definition) is 3. The highest BCUT2D eigenvalue weighted by atomic mass is 31.2. The largest absolute Gasteiger partial charge is 0.330 e. The van der Waals surface area contributed by atoms with Crippen LogP contribution in [0.2, 0.25) is 0 Å². The van der Waals surface area contributed by atoms with Gasteiger partial charge in [-0.25, -0.2) is 0 Å². The van der Waals surface area contributed by atoms with Crippen molar-refractivity contribution in [2.45, 2.75) is 201 Å². The molecule has 0 bridgehead atoms. The van der Waals surface area contributed by atoms with Gasteiger partial charge >= 0.3 is 7.60 Å². The van der Waals surface area contributed by atoms with Crippen molar-refractivity contribution in [1.82, 2.24) is 0 Å². The molecule has 230 valence electrons. The molecule has 0 aromatic rings. The van der Waals surface area contributed by atoms with Gasteiger partial charge in [0.1, 0.15) is 0 Å². The Balaban J connectivity index is 3.87. The van der Waals surface area contributed by atoms with Gasteiger partial charge in [-0.2, -0.15) is 0 Å². The van der Waals surface area contributed by atoms with Crippen molar-refractivity contribution in [1.29, 1.82) is 0 Å². The third-order valence-corrected chi connectivity index (χ3v) is 9.87. The van der Waals surface area contributed by atoms with E-state index in [0.29, 0.717) is 19.4 Å². The summed E-state index contributed by atoms with van der Waals surface area (Å²) in [6.07, 6.45) is 37.0. The highest BCUT2D eigenvalue weighted by molar-refractivity contribution is 7.53. The van der Waals surface area contributed by atoms with Gasteiger partial charge in [0.25, 0.3) is 0 Å². The predicted molar refractivity (Wildman–Crippen MR) is 171 cm³/mol. The monoisotopic (exact) mass is 559 g/mol. The first kappa shape index (κ1) is 38.1. The molecule has 0 aromatic heterocycles. The molecule has 3 nitrogen and oxygen atoms in total. The van der Waals surface area contributed by atoms with Crippen molar-refractivity contribution < 1.29 is 13.6 Å². The van der Waals surface area contributed by atoms with Crippen LogP contribution in [0.5, 0.6) is 0 Å². The topological polar surface area (TPSA) is 35.5 Å². The quantitative estimate of drug-likeness (QED) is 0.0593. The van der Waals surface area contributed by atoms with Crippen LogP contribution < -0.4 is 0 Å². The second-order valence-corrected chi connectivity index (χ2v) is 14.0. The van der Waals surface area contributed by atoms with E-state index in [4.69, 9.17) is 9.05 Å². The van der Waals surface area contributed by atoms with Crippen molar-refractivity contribution >= 4 is 7.60 Å². The lowest BCUT2D eigenvalue weighted by Gasteiger charge is -2.19. The van der Waals surface area contributed by atoms with E-state index < -0.39 is 7.60 Å². The Kier molecular flexibility index (Phi) is 31.8. The van der Waals surface area contributed by atoms with E-state index in [-0.39, 0.29) is 0 Å². The van der Waals surface area contributed by atoms with Crippen LogP contribution in [0.3, 0.4) is 0 Å². The van der Waals surface area contributed by atoms with Crippen molar-refractivity contribution in [3.8, 4) is 0 Å². The summed E-state index contributed by atoms with van der Waals surface area (Å²) in [5.74, 6) is 0. The Morgan fingerprint density at radius 3 is 0.868 bits per heavy atom. The SMILES string of the molecule is CCCCCCCCCCCCCCCCCCP(=O)(OCCCCCCCC)OCCCCCCCC. The summed E-state index contributed by atoms with van der Waals surface area (Å²) in [4.78, 5) is 0. The molecule has 0 radical (unpaired) electrons. The molecule has 0 rings (SSSR count). The van der Waals surface area contributed by atoms with E-state index in [1.54, 1.807) is 0 Å². The Morgan fingerprint density at radius 2 is 0.579 bits per heavy atom. The Labute approximate surface area is 240 Å². The third-order valence-electron chi connectivity index (χ3n) is 7.86. The molecule has 0 aliphatic heterocycles. The molecule has 0 N–H and O–H groups in total. The molecule has 38 heavy (non-hydrogen) atoms. The summed E-state index contributed by atoms with van der Waals surface area (Å²) < 4.78 is 25.3. The molecule has 0 fully saturated rings. The van der Waals surface area contributed by atoms with Gasteiger partial charge in [0.15, 0.2) is 0 Å². The van der Waals surface area contributed by atoms with Gasteiger partial charge in [0.2, 0.25) is 0 Å². The third kappa shape index (κ3) is 29.1. The van der Waals surface area contributed by atoms with Crippen molar-refractivity contribution in [3.63, 3.8) is 0 Å². The fourth-order valence-electron chi connectivity index (χ4n) is 5.19. The maximum Gasteiger partial charge on any atom is 0.330 e. The summed E-state index contributed by atoms with van der Waals surface area (Å²) in [5, 5.41) is 0. The predicted octanol–water partition coefficient (Wildman–Crippen LogP) is 13.2. The van der Waals surface area contributed by atoms with Crippen LogP contribution in [-0.2, 0) is 13.6 Å². The highest BCUT2D eigenvalue weighted by Gasteiger charge is 2.23. The maximum atomic E-state index is 13.4. The Hall–Kier alpha value is 0.150. The second kappa shape index (κ2) is 31.7. The van der Waals surface area contributed by atoms with Crippen molar-refractivity contribution in [2.24, 2.45) is 0 Å². The average Bonchev–Trinajstić information content (AvgIpc) is 2.92. The lowest BCUT2D eigenvalue weighted by Crippen LogP contribution is -2.04. The van der Waals surface area contributed by atoms with Crippen LogP contribution in [0.4, 0.5) is 0 Å². The molecule has 0 aromatic carbocycles. The molecule has 0 atom stereocenters. The van der Waals surface area contributed by atoms with Crippen LogP contribution in [-0.4, -0.2) is 19.4 Å². The van der Waals surface area contributed by atoms with E-state index in [9.17, 15) is 4.57 Å². The van der Waals surface area contributed by atoms with E-state index in [0.717, 1.165) is 25.7 Å².